The zero-order valence-corrected chi connectivity index (χ0v) is 9.97. The van der Waals surface area contributed by atoms with Gasteiger partial charge in [0.15, 0.2) is 0 Å². The van der Waals surface area contributed by atoms with Gasteiger partial charge in [-0.3, -0.25) is 9.79 Å². The van der Waals surface area contributed by atoms with E-state index in [1.54, 1.807) is 11.8 Å². The van der Waals surface area contributed by atoms with E-state index in [-0.39, 0.29) is 11.2 Å². The van der Waals surface area contributed by atoms with E-state index >= 15 is 0 Å². The Kier molecular flexibility index (Phi) is 1.92. The van der Waals surface area contributed by atoms with Crippen LogP contribution in [-0.4, -0.2) is 16.2 Å². The summed E-state index contributed by atoms with van der Waals surface area (Å²) in [5.74, 6) is 0.0619. The normalized spacial score (nSPS) is 31.5. The fourth-order valence-corrected chi connectivity index (χ4v) is 3.60. The quantitative estimate of drug-likeness (QED) is 0.746. The molecular formula is C12H12N2OS. The molecule has 2 heterocycles. The SMILES string of the molecule is CC1=N[C@@]2(C)c3ccccc3NC(=O)[C@H]2S1. The van der Waals surface area contributed by atoms with Crippen molar-refractivity contribution in [1.29, 1.82) is 0 Å². The first-order valence-corrected chi connectivity index (χ1v) is 6.13. The molecule has 3 rings (SSSR count). The monoisotopic (exact) mass is 232 g/mol. The van der Waals surface area contributed by atoms with Crippen LogP contribution in [0.2, 0.25) is 0 Å². The molecule has 1 N–H and O–H groups in total. The van der Waals surface area contributed by atoms with E-state index in [4.69, 9.17) is 0 Å². The largest absolute Gasteiger partial charge is 0.325 e. The number of amides is 1. The van der Waals surface area contributed by atoms with E-state index in [1.165, 1.54) is 0 Å². The van der Waals surface area contributed by atoms with Crippen molar-refractivity contribution in [3.05, 3.63) is 29.8 Å². The number of hydrogen-bond acceptors (Lipinski definition) is 3. The van der Waals surface area contributed by atoms with E-state index in [1.807, 2.05) is 38.1 Å². The maximum Gasteiger partial charge on any atom is 0.240 e. The number of fused-ring (bicyclic) bond motifs is 3. The van der Waals surface area contributed by atoms with Crippen molar-refractivity contribution < 1.29 is 4.79 Å². The van der Waals surface area contributed by atoms with Gasteiger partial charge in [0.2, 0.25) is 5.91 Å². The predicted octanol–water partition coefficient (Wildman–Crippen LogP) is 2.39. The summed E-state index contributed by atoms with van der Waals surface area (Å²) in [7, 11) is 0. The highest BCUT2D eigenvalue weighted by Gasteiger charge is 2.49. The smallest absolute Gasteiger partial charge is 0.240 e. The minimum Gasteiger partial charge on any atom is -0.325 e. The summed E-state index contributed by atoms with van der Waals surface area (Å²) < 4.78 is 0. The molecular weight excluding hydrogens is 220 g/mol. The lowest BCUT2D eigenvalue weighted by molar-refractivity contribution is -0.117. The fourth-order valence-electron chi connectivity index (χ4n) is 2.44. The van der Waals surface area contributed by atoms with Crippen LogP contribution >= 0.6 is 11.8 Å². The number of anilines is 1. The van der Waals surface area contributed by atoms with Crippen molar-refractivity contribution in [2.24, 2.45) is 4.99 Å². The first-order chi connectivity index (χ1) is 7.61. The third kappa shape index (κ3) is 1.16. The Morgan fingerprint density at radius 2 is 2.19 bits per heavy atom. The van der Waals surface area contributed by atoms with Crippen LogP contribution in [0, 0.1) is 0 Å². The van der Waals surface area contributed by atoms with Gasteiger partial charge in [0.25, 0.3) is 0 Å². The molecule has 0 fully saturated rings. The summed E-state index contributed by atoms with van der Waals surface area (Å²) >= 11 is 1.56. The number of thioether (sulfide) groups is 1. The van der Waals surface area contributed by atoms with E-state index in [0.717, 1.165) is 16.3 Å². The second-order valence-corrected chi connectivity index (χ2v) is 5.61. The zero-order chi connectivity index (χ0) is 11.3. The molecule has 82 valence electrons. The van der Waals surface area contributed by atoms with Crippen LogP contribution in [0.25, 0.3) is 0 Å². The number of benzene rings is 1. The molecule has 0 spiro atoms. The van der Waals surface area contributed by atoms with Crippen LogP contribution in [0.1, 0.15) is 19.4 Å². The molecule has 0 saturated carbocycles. The van der Waals surface area contributed by atoms with Crippen LogP contribution in [-0.2, 0) is 10.3 Å². The lowest BCUT2D eigenvalue weighted by Gasteiger charge is -2.34. The number of aliphatic imine (C=N–C) groups is 1. The highest BCUT2D eigenvalue weighted by molar-refractivity contribution is 8.15. The highest BCUT2D eigenvalue weighted by Crippen LogP contribution is 2.48. The van der Waals surface area contributed by atoms with Gasteiger partial charge in [-0.15, -0.1) is 0 Å². The topological polar surface area (TPSA) is 41.5 Å². The van der Waals surface area contributed by atoms with E-state index in [0.29, 0.717) is 0 Å². The van der Waals surface area contributed by atoms with Gasteiger partial charge < -0.3 is 5.32 Å². The average molecular weight is 232 g/mol. The molecule has 3 nitrogen and oxygen atoms in total. The number of carbonyl (C=O) groups is 1. The summed E-state index contributed by atoms with van der Waals surface area (Å²) in [5.41, 5.74) is 1.61. The maximum atomic E-state index is 12.0. The van der Waals surface area contributed by atoms with Gasteiger partial charge >= 0.3 is 0 Å². The van der Waals surface area contributed by atoms with Crippen molar-refractivity contribution in [3.63, 3.8) is 0 Å². The minimum absolute atomic E-state index is 0.0619. The maximum absolute atomic E-state index is 12.0. The predicted molar refractivity (Wildman–Crippen MR) is 66.9 cm³/mol. The standard InChI is InChI=1S/C12H12N2OS/c1-7-14-12(2)8-5-3-4-6-9(8)13-11(15)10(12)16-7/h3-6,10H,1-2H3,(H,13,15)/t10-,12+/m1/s1. The lowest BCUT2D eigenvalue weighted by atomic mass is 9.84. The van der Waals surface area contributed by atoms with Gasteiger partial charge in [-0.05, 0) is 19.9 Å². The summed E-state index contributed by atoms with van der Waals surface area (Å²) in [6, 6.07) is 7.90. The summed E-state index contributed by atoms with van der Waals surface area (Å²) in [6.07, 6.45) is 0. The Balaban J connectivity index is 2.24. The zero-order valence-electron chi connectivity index (χ0n) is 9.15. The molecule has 2 atom stereocenters. The molecule has 0 aromatic heterocycles. The number of para-hydroxylation sites is 1. The number of carbonyl (C=O) groups excluding carboxylic acids is 1. The first kappa shape index (κ1) is 9.90. The van der Waals surface area contributed by atoms with Crippen LogP contribution in [0.5, 0.6) is 0 Å². The van der Waals surface area contributed by atoms with Crippen LogP contribution in [0.3, 0.4) is 0 Å². The Hall–Kier alpha value is -1.29. The molecule has 0 unspecified atom stereocenters. The van der Waals surface area contributed by atoms with E-state index in [2.05, 4.69) is 10.3 Å². The Labute approximate surface area is 98.3 Å². The summed E-state index contributed by atoms with van der Waals surface area (Å²) in [5, 5.41) is 3.81. The molecule has 2 aliphatic rings. The average Bonchev–Trinajstić information content (AvgIpc) is 2.56. The number of nitrogens with zero attached hydrogens (tertiary/aromatic N) is 1. The van der Waals surface area contributed by atoms with Crippen LogP contribution < -0.4 is 5.32 Å². The molecule has 1 aromatic carbocycles. The molecule has 0 aliphatic carbocycles. The van der Waals surface area contributed by atoms with Crippen molar-refractivity contribution >= 4 is 28.4 Å². The fraction of sp³-hybridized carbons (Fsp3) is 0.333. The minimum atomic E-state index is -0.395. The Bertz CT molecular complexity index is 511. The second kappa shape index (κ2) is 3.10. The van der Waals surface area contributed by atoms with Crippen molar-refractivity contribution in [3.8, 4) is 0 Å². The van der Waals surface area contributed by atoms with E-state index in [9.17, 15) is 4.79 Å². The molecule has 0 saturated heterocycles. The van der Waals surface area contributed by atoms with Gasteiger partial charge in [0.1, 0.15) is 10.8 Å². The van der Waals surface area contributed by atoms with Gasteiger partial charge in [-0.2, -0.15) is 0 Å². The van der Waals surface area contributed by atoms with Gasteiger partial charge in [0, 0.05) is 11.3 Å². The van der Waals surface area contributed by atoms with Gasteiger partial charge in [-0.1, -0.05) is 30.0 Å². The number of rotatable bonds is 0. The van der Waals surface area contributed by atoms with Crippen molar-refractivity contribution in [1.82, 2.24) is 0 Å². The molecule has 2 aliphatic heterocycles. The van der Waals surface area contributed by atoms with Crippen LogP contribution in [0.15, 0.2) is 29.3 Å². The Morgan fingerprint density at radius 3 is 3.00 bits per heavy atom. The third-order valence-corrected chi connectivity index (χ3v) is 4.50. The number of hydrogen-bond donors (Lipinski definition) is 1. The number of nitrogens with one attached hydrogen (secondary N) is 1. The van der Waals surface area contributed by atoms with Crippen molar-refractivity contribution in [2.75, 3.05) is 5.32 Å². The first-order valence-electron chi connectivity index (χ1n) is 5.25. The lowest BCUT2D eigenvalue weighted by Crippen LogP contribution is -2.44. The molecule has 16 heavy (non-hydrogen) atoms. The molecule has 4 heteroatoms. The molecule has 1 amide bonds. The molecule has 1 aromatic rings. The van der Waals surface area contributed by atoms with E-state index < -0.39 is 5.54 Å². The molecule has 0 bridgehead atoms. The van der Waals surface area contributed by atoms with Gasteiger partial charge in [0.05, 0.1) is 5.04 Å². The Morgan fingerprint density at radius 1 is 1.44 bits per heavy atom. The highest BCUT2D eigenvalue weighted by atomic mass is 32.2. The van der Waals surface area contributed by atoms with Crippen LogP contribution in [0.4, 0.5) is 5.69 Å². The summed E-state index contributed by atoms with van der Waals surface area (Å²) in [6.45, 7) is 4.00. The second-order valence-electron chi connectivity index (χ2n) is 4.31. The summed E-state index contributed by atoms with van der Waals surface area (Å²) in [4.78, 5) is 16.6. The van der Waals surface area contributed by atoms with Crippen molar-refractivity contribution in [2.45, 2.75) is 24.6 Å². The van der Waals surface area contributed by atoms with Gasteiger partial charge in [-0.25, -0.2) is 0 Å². The molecule has 0 radical (unpaired) electrons. The third-order valence-electron chi connectivity index (χ3n) is 3.16.